The number of aryl methyl sites for hydroxylation is 2. The molecule has 3 amide bonds. The molecule has 0 unspecified atom stereocenters. The lowest BCUT2D eigenvalue weighted by molar-refractivity contribution is -0.121. The Bertz CT molecular complexity index is 1230. The van der Waals surface area contributed by atoms with Gasteiger partial charge in [-0.3, -0.25) is 24.4 Å². The van der Waals surface area contributed by atoms with Gasteiger partial charge in [-0.25, -0.2) is 0 Å². The van der Waals surface area contributed by atoms with E-state index in [1.165, 1.54) is 0 Å². The Labute approximate surface area is 185 Å². The van der Waals surface area contributed by atoms with E-state index in [4.69, 9.17) is 0 Å². The normalized spacial score (nSPS) is 16.6. The number of rotatable bonds is 5. The van der Waals surface area contributed by atoms with Gasteiger partial charge in [0.2, 0.25) is 5.91 Å². The van der Waals surface area contributed by atoms with Gasteiger partial charge in [0, 0.05) is 41.9 Å². The minimum atomic E-state index is -0.549. The summed E-state index contributed by atoms with van der Waals surface area (Å²) >= 11 is 0. The number of fused-ring (bicyclic) bond motifs is 5. The van der Waals surface area contributed by atoms with E-state index in [-0.39, 0.29) is 30.7 Å². The molecule has 5 rings (SSSR count). The number of nitrogens with one attached hydrogen (secondary N) is 2. The van der Waals surface area contributed by atoms with Crippen LogP contribution in [0.25, 0.3) is 0 Å². The highest BCUT2D eigenvalue weighted by molar-refractivity contribution is 6.16. The lowest BCUT2D eigenvalue weighted by Gasteiger charge is -2.40. The summed E-state index contributed by atoms with van der Waals surface area (Å²) in [6.45, 7) is 4.37. The molecule has 0 bridgehead atoms. The van der Waals surface area contributed by atoms with Gasteiger partial charge in [0.25, 0.3) is 11.8 Å². The van der Waals surface area contributed by atoms with Crippen LogP contribution in [-0.2, 0) is 11.3 Å². The van der Waals surface area contributed by atoms with E-state index >= 15 is 0 Å². The molecule has 8 nitrogen and oxygen atoms in total. The number of H-pyrrole nitrogens is 1. The number of carbonyl (C=O) groups excluding carboxylic acids is 3. The number of anilines is 1. The van der Waals surface area contributed by atoms with Crippen molar-refractivity contribution in [3.05, 3.63) is 82.2 Å². The molecule has 162 valence electrons. The molecule has 0 aliphatic carbocycles. The van der Waals surface area contributed by atoms with Gasteiger partial charge in [-0.15, -0.1) is 0 Å². The Morgan fingerprint density at radius 2 is 1.75 bits per heavy atom. The molecule has 3 aromatic rings. The van der Waals surface area contributed by atoms with Crippen LogP contribution in [0.2, 0.25) is 0 Å². The van der Waals surface area contributed by atoms with Crippen molar-refractivity contribution in [3.8, 4) is 0 Å². The number of amides is 3. The first-order valence-electron chi connectivity index (χ1n) is 10.6. The lowest BCUT2D eigenvalue weighted by atomic mass is 10.0. The summed E-state index contributed by atoms with van der Waals surface area (Å²) in [7, 11) is 0. The molecule has 0 radical (unpaired) electrons. The second-order valence-electron chi connectivity index (χ2n) is 8.09. The smallest absolute Gasteiger partial charge is 0.260 e. The van der Waals surface area contributed by atoms with Crippen molar-refractivity contribution in [3.63, 3.8) is 0 Å². The zero-order valence-corrected chi connectivity index (χ0v) is 17.9. The minimum absolute atomic E-state index is 0.130. The summed E-state index contributed by atoms with van der Waals surface area (Å²) < 4.78 is 0. The van der Waals surface area contributed by atoms with Crippen LogP contribution in [0, 0.1) is 13.8 Å². The number of aromatic nitrogens is 2. The molecule has 32 heavy (non-hydrogen) atoms. The zero-order valence-electron chi connectivity index (χ0n) is 17.9. The van der Waals surface area contributed by atoms with Gasteiger partial charge in [0.1, 0.15) is 6.17 Å². The highest BCUT2D eigenvalue weighted by atomic mass is 16.2. The van der Waals surface area contributed by atoms with Gasteiger partial charge in [0.15, 0.2) is 0 Å². The molecule has 2 aromatic carbocycles. The monoisotopic (exact) mass is 429 g/mol. The molecule has 1 atom stereocenters. The average molecular weight is 429 g/mol. The van der Waals surface area contributed by atoms with Gasteiger partial charge in [0.05, 0.1) is 16.9 Å². The van der Waals surface area contributed by atoms with Crippen molar-refractivity contribution in [1.29, 1.82) is 0 Å². The van der Waals surface area contributed by atoms with E-state index in [1.54, 1.807) is 34.1 Å². The van der Waals surface area contributed by atoms with Crippen LogP contribution in [0.1, 0.15) is 55.8 Å². The first kappa shape index (κ1) is 20.0. The predicted octanol–water partition coefficient (Wildman–Crippen LogP) is 2.85. The zero-order chi connectivity index (χ0) is 22.4. The predicted molar refractivity (Wildman–Crippen MR) is 118 cm³/mol. The van der Waals surface area contributed by atoms with Crippen molar-refractivity contribution in [2.24, 2.45) is 0 Å². The molecule has 2 aliphatic heterocycles. The Balaban J connectivity index is 1.39. The Kier molecular flexibility index (Phi) is 4.77. The summed E-state index contributed by atoms with van der Waals surface area (Å²) in [6, 6.07) is 14.5. The first-order chi connectivity index (χ1) is 15.5. The molecule has 0 spiro atoms. The molecular weight excluding hydrogens is 406 g/mol. The summed E-state index contributed by atoms with van der Waals surface area (Å²) in [4.78, 5) is 42.4. The van der Waals surface area contributed by atoms with E-state index in [0.29, 0.717) is 23.4 Å². The van der Waals surface area contributed by atoms with Crippen molar-refractivity contribution in [2.75, 3.05) is 11.4 Å². The summed E-state index contributed by atoms with van der Waals surface area (Å²) in [5.41, 5.74) is 5.17. The maximum absolute atomic E-state index is 13.4. The number of hydrogen-bond acceptors (Lipinski definition) is 4. The first-order valence-corrected chi connectivity index (χ1v) is 10.6. The molecule has 0 saturated heterocycles. The SMILES string of the molecule is Cc1n[nH]c(C)c1CNC(=O)CCN1C(=O)c2ccccc2N2C(=O)c3ccccc3[C@@H]12. The van der Waals surface area contributed by atoms with Gasteiger partial charge in [-0.1, -0.05) is 30.3 Å². The Morgan fingerprint density at radius 3 is 2.50 bits per heavy atom. The van der Waals surface area contributed by atoms with Gasteiger partial charge >= 0.3 is 0 Å². The number of aromatic amines is 1. The minimum Gasteiger partial charge on any atom is -0.352 e. The van der Waals surface area contributed by atoms with E-state index in [0.717, 1.165) is 22.5 Å². The number of benzene rings is 2. The largest absolute Gasteiger partial charge is 0.352 e. The van der Waals surface area contributed by atoms with Gasteiger partial charge in [-0.05, 0) is 32.0 Å². The van der Waals surface area contributed by atoms with Crippen LogP contribution in [0.15, 0.2) is 48.5 Å². The fourth-order valence-electron chi connectivity index (χ4n) is 4.53. The van der Waals surface area contributed by atoms with Crippen LogP contribution in [-0.4, -0.2) is 39.4 Å². The van der Waals surface area contributed by atoms with Crippen molar-refractivity contribution < 1.29 is 14.4 Å². The topological polar surface area (TPSA) is 98.4 Å². The van der Waals surface area contributed by atoms with Crippen LogP contribution in [0.5, 0.6) is 0 Å². The quantitative estimate of drug-likeness (QED) is 0.652. The standard InChI is InChI=1S/C24H23N5O3/c1-14-19(15(2)27-26-14)13-25-21(30)11-12-28-22-16-7-3-4-8-17(16)24(32)29(22)20-10-6-5-9-18(20)23(28)31/h3-10,22H,11-13H2,1-2H3,(H,25,30)(H,26,27)/t22-/m0/s1. The third kappa shape index (κ3) is 3.07. The van der Waals surface area contributed by atoms with Crippen LogP contribution in [0.3, 0.4) is 0 Å². The van der Waals surface area contributed by atoms with Crippen LogP contribution < -0.4 is 10.2 Å². The van der Waals surface area contributed by atoms with Gasteiger partial charge in [-0.2, -0.15) is 5.10 Å². The van der Waals surface area contributed by atoms with Crippen molar-refractivity contribution in [2.45, 2.75) is 33.0 Å². The highest BCUT2D eigenvalue weighted by Crippen LogP contribution is 2.45. The van der Waals surface area contributed by atoms with Crippen molar-refractivity contribution >= 4 is 23.4 Å². The van der Waals surface area contributed by atoms with Crippen molar-refractivity contribution in [1.82, 2.24) is 20.4 Å². The molecule has 2 N–H and O–H groups in total. The molecule has 0 saturated carbocycles. The van der Waals surface area contributed by atoms with E-state index < -0.39 is 6.17 Å². The Hall–Kier alpha value is -3.94. The average Bonchev–Trinajstić information content (AvgIpc) is 3.28. The van der Waals surface area contributed by atoms with Crippen LogP contribution >= 0.6 is 0 Å². The van der Waals surface area contributed by atoms with E-state index in [1.807, 2.05) is 38.1 Å². The molecule has 8 heteroatoms. The molecule has 3 heterocycles. The number of carbonyl (C=O) groups is 3. The third-order valence-electron chi connectivity index (χ3n) is 6.21. The maximum atomic E-state index is 13.4. The fourth-order valence-corrected chi connectivity index (χ4v) is 4.53. The Morgan fingerprint density at radius 1 is 1.03 bits per heavy atom. The number of nitrogens with zero attached hydrogens (tertiary/aromatic N) is 3. The lowest BCUT2D eigenvalue weighted by Crippen LogP contribution is -2.49. The molecule has 1 aromatic heterocycles. The second kappa shape index (κ2) is 7.64. The fraction of sp³-hybridized carbons (Fsp3) is 0.250. The van der Waals surface area contributed by atoms with Crippen LogP contribution in [0.4, 0.5) is 5.69 Å². The highest BCUT2D eigenvalue weighted by Gasteiger charge is 2.47. The molecular formula is C24H23N5O3. The third-order valence-corrected chi connectivity index (χ3v) is 6.21. The molecule has 2 aliphatic rings. The summed E-state index contributed by atoms with van der Waals surface area (Å²) in [5.74, 6) is -0.479. The maximum Gasteiger partial charge on any atom is 0.260 e. The summed E-state index contributed by atoms with van der Waals surface area (Å²) in [5, 5.41) is 9.96. The second-order valence-corrected chi connectivity index (χ2v) is 8.09. The van der Waals surface area contributed by atoms with E-state index in [2.05, 4.69) is 15.5 Å². The number of hydrogen-bond donors (Lipinski definition) is 2. The summed E-state index contributed by atoms with van der Waals surface area (Å²) in [6.07, 6.45) is -0.419. The number of para-hydroxylation sites is 1. The molecule has 0 fully saturated rings. The van der Waals surface area contributed by atoms with Gasteiger partial charge < -0.3 is 10.2 Å². The van der Waals surface area contributed by atoms with E-state index in [9.17, 15) is 14.4 Å².